The van der Waals surface area contributed by atoms with Crippen LogP contribution in [0.4, 0.5) is 20.6 Å². The molecule has 0 saturated carbocycles. The zero-order valence-corrected chi connectivity index (χ0v) is 20.5. The van der Waals surface area contributed by atoms with Crippen molar-refractivity contribution in [2.45, 2.75) is 43.4 Å². The molecule has 5 rings (SSSR count). The predicted molar refractivity (Wildman–Crippen MR) is 129 cm³/mol. The van der Waals surface area contributed by atoms with E-state index in [4.69, 9.17) is 8.92 Å². The minimum Gasteiger partial charge on any atom is -0.438 e. The Morgan fingerprint density at radius 2 is 2.00 bits per heavy atom. The van der Waals surface area contributed by atoms with E-state index in [0.717, 1.165) is 18.4 Å². The number of ether oxygens (including phenoxy) is 1. The molecule has 0 aromatic heterocycles. The van der Waals surface area contributed by atoms with Crippen molar-refractivity contribution >= 4 is 27.6 Å². The van der Waals surface area contributed by atoms with Gasteiger partial charge in [-0.15, -0.1) is 0 Å². The fraction of sp³-hybridized carbons (Fsp3) is 0.375. The van der Waals surface area contributed by atoms with E-state index in [1.165, 1.54) is 29.3 Å². The van der Waals surface area contributed by atoms with Crippen LogP contribution in [0.5, 0.6) is 0 Å². The first kappa shape index (κ1) is 24.3. The Labute approximate surface area is 208 Å². The van der Waals surface area contributed by atoms with E-state index in [-0.39, 0.29) is 17.1 Å². The van der Waals surface area contributed by atoms with Gasteiger partial charge in [0.25, 0.3) is 10.1 Å². The van der Waals surface area contributed by atoms with Crippen LogP contribution in [0.1, 0.15) is 24.8 Å². The van der Waals surface area contributed by atoms with Crippen molar-refractivity contribution in [2.75, 3.05) is 29.4 Å². The number of aryl methyl sites for hydroxylation is 1. The molecule has 2 aromatic carbocycles. The summed E-state index contributed by atoms with van der Waals surface area (Å²) in [5.41, 5.74) is 1.50. The molecule has 10 nitrogen and oxygen atoms in total. The van der Waals surface area contributed by atoms with Crippen LogP contribution in [0.25, 0.3) is 0 Å². The second kappa shape index (κ2) is 9.96. The number of carbonyl (C=O) groups is 1. The van der Waals surface area contributed by atoms with E-state index < -0.39 is 34.4 Å². The zero-order valence-electron chi connectivity index (χ0n) is 19.7. The topological polar surface area (TPSA) is 107 Å². The van der Waals surface area contributed by atoms with Crippen molar-refractivity contribution in [1.29, 1.82) is 0 Å². The lowest BCUT2D eigenvalue weighted by Crippen LogP contribution is -2.43. The Bertz CT molecular complexity index is 1290. The van der Waals surface area contributed by atoms with Gasteiger partial charge in [0, 0.05) is 11.6 Å². The van der Waals surface area contributed by atoms with Gasteiger partial charge in [-0.3, -0.25) is 4.90 Å². The Balaban J connectivity index is 1.31. The summed E-state index contributed by atoms with van der Waals surface area (Å²) >= 11 is 0. The molecule has 36 heavy (non-hydrogen) atoms. The number of rotatable bonds is 7. The van der Waals surface area contributed by atoms with Gasteiger partial charge in [0.15, 0.2) is 18.8 Å². The summed E-state index contributed by atoms with van der Waals surface area (Å²) in [7, 11) is -4.03. The summed E-state index contributed by atoms with van der Waals surface area (Å²) in [6.07, 6.45) is 3.31. The van der Waals surface area contributed by atoms with E-state index in [0.29, 0.717) is 25.2 Å². The number of amides is 1. The summed E-state index contributed by atoms with van der Waals surface area (Å²) < 4.78 is 52.0. The summed E-state index contributed by atoms with van der Waals surface area (Å²) in [5, 5.41) is 9.17. The molecule has 3 aliphatic rings. The largest absolute Gasteiger partial charge is 0.438 e. The van der Waals surface area contributed by atoms with Crippen molar-refractivity contribution in [1.82, 2.24) is 5.01 Å². The van der Waals surface area contributed by atoms with Crippen LogP contribution in [0.15, 0.2) is 70.1 Å². The number of hydrogen-bond donors (Lipinski definition) is 0. The van der Waals surface area contributed by atoms with Crippen molar-refractivity contribution in [2.24, 2.45) is 10.3 Å². The quantitative estimate of drug-likeness (QED) is 0.405. The fourth-order valence-electron chi connectivity index (χ4n) is 4.45. The summed E-state index contributed by atoms with van der Waals surface area (Å²) in [6, 6.07) is 10.8. The van der Waals surface area contributed by atoms with Crippen molar-refractivity contribution in [3.05, 3.63) is 66.2 Å². The van der Waals surface area contributed by atoms with Crippen LogP contribution in [-0.4, -0.2) is 46.5 Å². The molecule has 2 atom stereocenters. The highest BCUT2D eigenvalue weighted by Gasteiger charge is 2.38. The summed E-state index contributed by atoms with van der Waals surface area (Å²) in [4.78, 5) is 15.5. The van der Waals surface area contributed by atoms with E-state index in [9.17, 15) is 13.2 Å². The van der Waals surface area contributed by atoms with E-state index in [1.54, 1.807) is 40.4 Å². The highest BCUT2D eigenvalue weighted by molar-refractivity contribution is 7.86. The average Bonchev–Trinajstić information content (AvgIpc) is 3.49. The summed E-state index contributed by atoms with van der Waals surface area (Å²) in [6.45, 7) is 2.88. The lowest BCUT2D eigenvalue weighted by Gasteiger charge is -2.36. The van der Waals surface area contributed by atoms with Crippen molar-refractivity contribution in [3.63, 3.8) is 0 Å². The molecule has 2 saturated heterocycles. The van der Waals surface area contributed by atoms with E-state index >= 15 is 4.39 Å². The van der Waals surface area contributed by atoms with Crippen LogP contribution in [0.2, 0.25) is 0 Å². The molecule has 0 spiro atoms. The van der Waals surface area contributed by atoms with Crippen LogP contribution < -0.4 is 14.8 Å². The predicted octanol–water partition coefficient (Wildman–Crippen LogP) is 4.17. The van der Waals surface area contributed by atoms with E-state index in [2.05, 4.69) is 10.3 Å². The first-order valence-corrected chi connectivity index (χ1v) is 13.1. The standard InChI is InChI=1S/C24H26FN5O5S/c1-17-5-8-20(9-6-17)36(32,33)35-23-4-2-3-12-29(23)22-10-7-18(14-21(22)25)30-16-19(34-24(30)31)15-28-13-11-26-27-28/h5-11,13-14,19,23H,2-4,12,15-16H2,1H3/q+1/t19?,23-/m1/s1. The van der Waals surface area contributed by atoms with Gasteiger partial charge in [0.2, 0.25) is 0 Å². The first-order chi connectivity index (χ1) is 17.3. The molecule has 1 unspecified atom stereocenters. The monoisotopic (exact) mass is 515 g/mol. The molecule has 3 aliphatic heterocycles. The Kier molecular flexibility index (Phi) is 6.73. The fourth-order valence-corrected chi connectivity index (χ4v) is 5.52. The number of cyclic esters (lactones) is 1. The third kappa shape index (κ3) is 5.11. The van der Waals surface area contributed by atoms with Gasteiger partial charge >= 0.3 is 6.09 Å². The van der Waals surface area contributed by atoms with Gasteiger partial charge in [-0.25, -0.2) is 13.4 Å². The first-order valence-electron chi connectivity index (χ1n) is 11.7. The number of anilines is 2. The Hall–Kier alpha value is -3.35. The maximum Gasteiger partial charge on any atom is 0.414 e. The van der Waals surface area contributed by atoms with Gasteiger partial charge in [-0.1, -0.05) is 22.8 Å². The van der Waals surface area contributed by atoms with Crippen LogP contribution >= 0.6 is 0 Å². The Morgan fingerprint density at radius 1 is 1.19 bits per heavy atom. The minimum atomic E-state index is -4.03. The van der Waals surface area contributed by atoms with E-state index in [1.807, 2.05) is 6.92 Å². The molecule has 0 aliphatic carbocycles. The van der Waals surface area contributed by atoms with Gasteiger partial charge in [0.05, 0.1) is 28.0 Å². The maximum absolute atomic E-state index is 15.3. The van der Waals surface area contributed by atoms with Crippen molar-refractivity contribution < 1.29 is 26.5 Å². The molecule has 1 radical (unpaired) electrons. The van der Waals surface area contributed by atoms with Crippen LogP contribution in [0, 0.1) is 12.7 Å². The molecule has 1 amide bonds. The molecule has 3 heterocycles. The second-order valence-corrected chi connectivity index (χ2v) is 10.5. The number of halogens is 1. The summed E-state index contributed by atoms with van der Waals surface area (Å²) in [5.74, 6) is -0.580. The number of hydrogen-bond acceptors (Lipinski definition) is 9. The smallest absolute Gasteiger partial charge is 0.414 e. The van der Waals surface area contributed by atoms with Crippen molar-refractivity contribution in [3.8, 4) is 0 Å². The molecular weight excluding hydrogens is 489 g/mol. The van der Waals surface area contributed by atoms with Gasteiger partial charge in [0.1, 0.15) is 18.2 Å². The third-order valence-electron chi connectivity index (χ3n) is 6.28. The van der Waals surface area contributed by atoms with Crippen LogP contribution in [0.3, 0.4) is 0 Å². The number of carbonyl (C=O) groups excluding carboxylic acids is 1. The molecule has 2 aromatic rings. The molecule has 0 bridgehead atoms. The molecule has 2 fully saturated rings. The number of nitrogens with zero attached hydrogens (tertiary/aromatic N) is 5. The molecule has 0 N–H and O–H groups in total. The normalized spacial score (nSPS) is 22.4. The SMILES string of the molecule is Cc1ccc(S(=O)(=O)O[C@@H]2CCCCN2c2ccc(N3CC(C[N+]4C=CN=N4)OC3=O)cc2F)cc1. The average molecular weight is 516 g/mol. The molecule has 189 valence electrons. The van der Waals surface area contributed by atoms with Gasteiger partial charge in [-0.2, -0.15) is 8.42 Å². The molecule has 12 heteroatoms. The number of piperidine rings is 1. The zero-order chi connectivity index (χ0) is 25.3. The Morgan fingerprint density at radius 3 is 2.72 bits per heavy atom. The highest BCUT2D eigenvalue weighted by atomic mass is 32.2. The highest BCUT2D eigenvalue weighted by Crippen LogP contribution is 2.33. The minimum absolute atomic E-state index is 0.0578. The van der Waals surface area contributed by atoms with Gasteiger partial charge in [-0.05, 0) is 56.5 Å². The molecular formula is C24H26FN5O5S+. The number of benzene rings is 2. The van der Waals surface area contributed by atoms with Crippen LogP contribution in [-0.2, 0) is 19.0 Å². The second-order valence-electron chi connectivity index (χ2n) is 8.88. The lowest BCUT2D eigenvalue weighted by molar-refractivity contribution is 0.134. The third-order valence-corrected chi connectivity index (χ3v) is 7.61. The van der Waals surface area contributed by atoms with Gasteiger partial charge < -0.3 is 9.64 Å². The maximum atomic E-state index is 15.3. The lowest BCUT2D eigenvalue weighted by atomic mass is 10.1.